The van der Waals surface area contributed by atoms with Gasteiger partial charge in [-0.05, 0) is 0 Å². The monoisotopic (exact) mass is 296 g/mol. The number of hydrogen-bond acceptors (Lipinski definition) is 2. The Balaban J connectivity index is 5.91. The van der Waals surface area contributed by atoms with Gasteiger partial charge in [-0.15, -0.1) is 0 Å². The van der Waals surface area contributed by atoms with E-state index < -0.39 is 40.1 Å². The SMILES string of the molecule is CC(F)(F)C(F)(F)C(F)(F)C(F)(F)S(=O)(=O)O. The first-order valence-corrected chi connectivity index (χ1v) is 4.92. The molecule has 0 saturated heterocycles. The largest absolute Gasteiger partial charge is 0.438 e. The normalized spacial score (nSPS) is 16.1. The molecule has 0 aliphatic heterocycles. The second-order valence-corrected chi connectivity index (χ2v) is 4.49. The fourth-order valence-corrected chi connectivity index (χ4v) is 1.07. The van der Waals surface area contributed by atoms with Crippen molar-refractivity contribution in [2.75, 3.05) is 0 Å². The Morgan fingerprint density at radius 3 is 1.29 bits per heavy atom. The zero-order valence-corrected chi connectivity index (χ0v) is 8.51. The van der Waals surface area contributed by atoms with Crippen LogP contribution in [0.1, 0.15) is 6.92 Å². The van der Waals surface area contributed by atoms with Crippen molar-refractivity contribution in [1.82, 2.24) is 0 Å². The van der Waals surface area contributed by atoms with Crippen molar-refractivity contribution in [3.63, 3.8) is 0 Å². The lowest BCUT2D eigenvalue weighted by molar-refractivity contribution is -0.343. The molecule has 0 aromatic carbocycles. The Labute approximate surface area is 89.2 Å². The third kappa shape index (κ3) is 2.19. The second-order valence-electron chi connectivity index (χ2n) is 3.03. The highest BCUT2D eigenvalue weighted by atomic mass is 32.2. The number of alkyl halides is 8. The van der Waals surface area contributed by atoms with Crippen molar-refractivity contribution in [3.8, 4) is 0 Å². The predicted octanol–water partition coefficient (Wildman–Crippen LogP) is 2.39. The molecule has 0 spiro atoms. The molecule has 0 aromatic heterocycles. The van der Waals surface area contributed by atoms with E-state index in [9.17, 15) is 43.5 Å². The van der Waals surface area contributed by atoms with Gasteiger partial charge in [0.25, 0.3) is 0 Å². The molecule has 3 nitrogen and oxygen atoms in total. The van der Waals surface area contributed by atoms with Crippen LogP contribution < -0.4 is 0 Å². The molecule has 0 rings (SSSR count). The molecule has 0 radical (unpaired) electrons. The van der Waals surface area contributed by atoms with Gasteiger partial charge in [-0.2, -0.15) is 43.5 Å². The van der Waals surface area contributed by atoms with E-state index in [1.807, 2.05) is 0 Å². The van der Waals surface area contributed by atoms with Crippen molar-refractivity contribution in [2.24, 2.45) is 0 Å². The number of rotatable bonds is 4. The van der Waals surface area contributed by atoms with Crippen LogP contribution in [0.25, 0.3) is 0 Å². The third-order valence-corrected chi connectivity index (χ3v) is 2.54. The van der Waals surface area contributed by atoms with E-state index in [1.165, 1.54) is 0 Å². The van der Waals surface area contributed by atoms with Gasteiger partial charge in [0, 0.05) is 6.92 Å². The minimum absolute atomic E-state index is 0.805. The molecule has 0 bridgehead atoms. The van der Waals surface area contributed by atoms with Gasteiger partial charge in [-0.3, -0.25) is 4.55 Å². The van der Waals surface area contributed by atoms with E-state index in [0.29, 0.717) is 0 Å². The summed E-state index contributed by atoms with van der Waals surface area (Å²) >= 11 is 0. The van der Waals surface area contributed by atoms with E-state index in [4.69, 9.17) is 4.55 Å². The smallest absolute Gasteiger partial charge is 0.281 e. The summed E-state index contributed by atoms with van der Waals surface area (Å²) in [6.07, 6.45) is 0. The lowest BCUT2D eigenvalue weighted by Crippen LogP contribution is -2.63. The van der Waals surface area contributed by atoms with Gasteiger partial charge < -0.3 is 0 Å². The molecule has 1 N–H and O–H groups in total. The molecular formula is C5H4F8O3S. The van der Waals surface area contributed by atoms with Crippen LogP contribution in [0, 0.1) is 0 Å². The van der Waals surface area contributed by atoms with Gasteiger partial charge in [0.1, 0.15) is 0 Å². The fraction of sp³-hybridized carbons (Fsp3) is 1.00. The van der Waals surface area contributed by atoms with Crippen LogP contribution in [0.5, 0.6) is 0 Å². The molecule has 0 unspecified atom stereocenters. The summed E-state index contributed by atoms with van der Waals surface area (Å²) in [7, 11) is -7.00. The van der Waals surface area contributed by atoms with Crippen LogP contribution in [0.15, 0.2) is 0 Å². The maximum atomic E-state index is 12.5. The summed E-state index contributed by atoms with van der Waals surface area (Å²) in [6, 6.07) is 0. The molecule has 104 valence electrons. The summed E-state index contributed by atoms with van der Waals surface area (Å²) in [5.41, 5.74) is 0. The topological polar surface area (TPSA) is 54.4 Å². The van der Waals surface area contributed by atoms with Crippen molar-refractivity contribution >= 4 is 10.1 Å². The molecule has 0 saturated carbocycles. The summed E-state index contributed by atoms with van der Waals surface area (Å²) < 4.78 is 126. The molecule has 0 aromatic rings. The third-order valence-electron chi connectivity index (χ3n) is 1.64. The summed E-state index contributed by atoms with van der Waals surface area (Å²) in [4.78, 5) is 0. The van der Waals surface area contributed by atoms with Crippen molar-refractivity contribution in [3.05, 3.63) is 0 Å². The Kier molecular flexibility index (Phi) is 3.53. The van der Waals surface area contributed by atoms with E-state index >= 15 is 0 Å². The summed E-state index contributed by atoms with van der Waals surface area (Å²) in [6.45, 7) is -0.805. The maximum absolute atomic E-state index is 12.5. The van der Waals surface area contributed by atoms with Crippen LogP contribution in [-0.4, -0.2) is 36.0 Å². The molecule has 0 amide bonds. The first kappa shape index (κ1) is 16.4. The Morgan fingerprint density at radius 2 is 1.12 bits per heavy atom. The van der Waals surface area contributed by atoms with Crippen molar-refractivity contribution in [1.29, 1.82) is 0 Å². The molecule has 0 fully saturated rings. The highest BCUT2D eigenvalue weighted by Gasteiger charge is 2.83. The van der Waals surface area contributed by atoms with E-state index in [1.54, 1.807) is 0 Å². The first-order valence-electron chi connectivity index (χ1n) is 3.48. The lowest BCUT2D eigenvalue weighted by atomic mass is 10.1. The van der Waals surface area contributed by atoms with Crippen LogP contribution in [-0.2, 0) is 10.1 Å². The lowest BCUT2D eigenvalue weighted by Gasteiger charge is -2.33. The number of hydrogen-bond donors (Lipinski definition) is 1. The average molecular weight is 296 g/mol. The molecular weight excluding hydrogens is 292 g/mol. The quantitative estimate of drug-likeness (QED) is 0.640. The average Bonchev–Trinajstić information content (AvgIpc) is 1.98. The summed E-state index contributed by atoms with van der Waals surface area (Å²) in [5, 5.41) is -6.76. The van der Waals surface area contributed by atoms with Gasteiger partial charge >= 0.3 is 33.1 Å². The van der Waals surface area contributed by atoms with Gasteiger partial charge in [0.15, 0.2) is 0 Å². The molecule has 0 atom stereocenters. The highest BCUT2D eigenvalue weighted by Crippen LogP contribution is 2.53. The molecule has 0 aliphatic rings. The van der Waals surface area contributed by atoms with Gasteiger partial charge in [0.2, 0.25) is 0 Å². The molecule has 0 heterocycles. The van der Waals surface area contributed by atoms with E-state index in [-0.39, 0.29) is 0 Å². The fourth-order valence-electron chi connectivity index (χ4n) is 0.620. The van der Waals surface area contributed by atoms with E-state index in [2.05, 4.69) is 0 Å². The van der Waals surface area contributed by atoms with Crippen LogP contribution in [0.4, 0.5) is 35.1 Å². The minimum atomic E-state index is -7.00. The van der Waals surface area contributed by atoms with Crippen LogP contribution in [0.3, 0.4) is 0 Å². The van der Waals surface area contributed by atoms with Gasteiger partial charge in [-0.25, -0.2) is 0 Å². The maximum Gasteiger partial charge on any atom is 0.438 e. The van der Waals surface area contributed by atoms with Gasteiger partial charge in [0.05, 0.1) is 0 Å². The standard InChI is InChI=1S/C5H4F8O3S/c1-2(6,7)3(8,9)4(10,11)5(12,13)17(14,15)16/h1H3,(H,14,15,16). The zero-order chi connectivity index (χ0) is 14.5. The van der Waals surface area contributed by atoms with Crippen molar-refractivity contribution < 1.29 is 48.1 Å². The predicted molar refractivity (Wildman–Crippen MR) is 37.0 cm³/mol. The molecule has 17 heavy (non-hydrogen) atoms. The van der Waals surface area contributed by atoms with Gasteiger partial charge in [-0.1, -0.05) is 0 Å². The number of halogens is 8. The first-order chi connectivity index (χ1) is 7.00. The highest BCUT2D eigenvalue weighted by molar-refractivity contribution is 7.87. The minimum Gasteiger partial charge on any atom is -0.281 e. The van der Waals surface area contributed by atoms with Crippen molar-refractivity contribution in [2.45, 2.75) is 29.9 Å². The second kappa shape index (κ2) is 3.67. The Bertz CT molecular complexity index is 394. The summed E-state index contributed by atoms with van der Waals surface area (Å²) in [5.74, 6) is -19.3. The van der Waals surface area contributed by atoms with Crippen LogP contribution >= 0.6 is 0 Å². The molecule has 0 aliphatic carbocycles. The zero-order valence-electron chi connectivity index (χ0n) is 7.70. The van der Waals surface area contributed by atoms with E-state index in [0.717, 1.165) is 0 Å². The molecule has 12 heteroatoms. The van der Waals surface area contributed by atoms with Crippen LogP contribution in [0.2, 0.25) is 0 Å². The Hall–Kier alpha value is -0.650. The Morgan fingerprint density at radius 1 is 0.824 bits per heavy atom.